The Hall–Kier alpha value is -3.70. The number of amides is 2. The van der Waals surface area contributed by atoms with Crippen LogP contribution >= 0.6 is 23.6 Å². The molecule has 38 heavy (non-hydrogen) atoms. The number of piperidine rings is 1. The molecule has 1 aliphatic rings. The fourth-order valence-electron chi connectivity index (χ4n) is 4.16. The van der Waals surface area contributed by atoms with Crippen molar-refractivity contribution in [1.82, 2.24) is 20.7 Å². The number of thiazole rings is 1. The van der Waals surface area contributed by atoms with Crippen LogP contribution in [0.5, 0.6) is 5.75 Å². The molecule has 0 radical (unpaired) electrons. The van der Waals surface area contributed by atoms with Gasteiger partial charge in [-0.25, -0.2) is 4.98 Å². The molecule has 3 aromatic rings. The van der Waals surface area contributed by atoms with Crippen molar-refractivity contribution in [3.05, 3.63) is 70.2 Å². The van der Waals surface area contributed by atoms with E-state index in [4.69, 9.17) is 17.0 Å². The van der Waals surface area contributed by atoms with Crippen molar-refractivity contribution in [3.8, 4) is 5.75 Å². The summed E-state index contributed by atoms with van der Waals surface area (Å²) in [6.45, 7) is 1.63. The lowest BCUT2D eigenvalue weighted by Gasteiger charge is -2.33. The summed E-state index contributed by atoms with van der Waals surface area (Å²) < 4.78 is 5.17. The number of rotatable bonds is 7. The van der Waals surface area contributed by atoms with Gasteiger partial charge in [-0.1, -0.05) is 12.1 Å². The van der Waals surface area contributed by atoms with Gasteiger partial charge in [0.25, 0.3) is 5.91 Å². The largest absolute Gasteiger partial charge is 0.497 e. The van der Waals surface area contributed by atoms with Crippen LogP contribution in [0.15, 0.2) is 53.9 Å². The van der Waals surface area contributed by atoms with E-state index < -0.39 is 5.91 Å². The third kappa shape index (κ3) is 7.20. The van der Waals surface area contributed by atoms with E-state index in [0.717, 1.165) is 47.9 Å². The first-order valence-electron chi connectivity index (χ1n) is 12.3. The van der Waals surface area contributed by atoms with E-state index >= 15 is 0 Å². The summed E-state index contributed by atoms with van der Waals surface area (Å²) in [4.78, 5) is 33.5. The summed E-state index contributed by atoms with van der Waals surface area (Å²) >= 11 is 7.11. The topological polar surface area (TPSA) is 98.8 Å². The molecule has 0 atom stereocenters. The summed E-state index contributed by atoms with van der Waals surface area (Å²) in [5, 5.41) is 6.70. The van der Waals surface area contributed by atoms with Crippen molar-refractivity contribution in [2.45, 2.75) is 25.2 Å². The molecule has 4 rings (SSSR count). The van der Waals surface area contributed by atoms with Gasteiger partial charge in [-0.2, -0.15) is 0 Å². The van der Waals surface area contributed by atoms with Crippen molar-refractivity contribution in [2.24, 2.45) is 0 Å². The minimum Gasteiger partial charge on any atom is -0.497 e. The van der Waals surface area contributed by atoms with Crippen molar-refractivity contribution in [1.29, 1.82) is 0 Å². The minimum atomic E-state index is -0.436. The van der Waals surface area contributed by atoms with Crippen molar-refractivity contribution >= 4 is 51.9 Å². The second-order valence-electron chi connectivity index (χ2n) is 9.23. The lowest BCUT2D eigenvalue weighted by Crippen LogP contribution is -2.42. The molecule has 2 heterocycles. The predicted molar refractivity (Wildman–Crippen MR) is 155 cm³/mol. The first kappa shape index (κ1) is 27.3. The normalized spacial score (nSPS) is 13.5. The Bertz CT molecular complexity index is 1270. The zero-order valence-electron chi connectivity index (χ0n) is 21.7. The smallest absolute Gasteiger partial charge is 0.289 e. The van der Waals surface area contributed by atoms with Crippen LogP contribution in [0, 0.1) is 0 Å². The molecule has 200 valence electrons. The molecule has 1 saturated heterocycles. The van der Waals surface area contributed by atoms with Gasteiger partial charge in [0.15, 0.2) is 5.11 Å². The SMILES string of the molecule is COc1cccc(CC(=O)NNC(=O)c2csc(C3CCN(C(=S)Nc4ccc(N(C)C)cc4)CC3)n2)c1. The Morgan fingerprint density at radius 2 is 1.87 bits per heavy atom. The summed E-state index contributed by atoms with van der Waals surface area (Å²) in [6, 6.07) is 15.4. The standard InChI is InChI=1S/C27H32N6O3S2/c1-32(2)21-9-7-20(8-10-21)28-27(37)33-13-11-19(12-14-33)26-29-23(17-38-26)25(35)31-30-24(34)16-18-5-4-6-22(15-18)36-3/h4-10,15,17,19H,11-14,16H2,1-3H3,(H,28,37)(H,30,34)(H,31,35). The number of hydrogen-bond donors (Lipinski definition) is 3. The number of methoxy groups -OCH3 is 1. The molecular formula is C27H32N6O3S2. The highest BCUT2D eigenvalue weighted by molar-refractivity contribution is 7.80. The highest BCUT2D eigenvalue weighted by atomic mass is 32.1. The van der Waals surface area contributed by atoms with Gasteiger partial charge >= 0.3 is 0 Å². The zero-order valence-corrected chi connectivity index (χ0v) is 23.3. The Labute approximate surface area is 232 Å². The number of nitrogens with zero attached hydrogens (tertiary/aromatic N) is 3. The number of ether oxygens (including phenoxy) is 1. The fraction of sp³-hybridized carbons (Fsp3) is 0.333. The maximum Gasteiger partial charge on any atom is 0.289 e. The number of benzene rings is 2. The Kier molecular flexibility index (Phi) is 9.14. The minimum absolute atomic E-state index is 0.122. The van der Waals surface area contributed by atoms with Crippen LogP contribution in [0.4, 0.5) is 11.4 Å². The fourth-order valence-corrected chi connectivity index (χ4v) is 5.43. The first-order chi connectivity index (χ1) is 18.3. The summed E-state index contributed by atoms with van der Waals surface area (Å²) in [5.74, 6) is 0.179. The van der Waals surface area contributed by atoms with E-state index in [9.17, 15) is 9.59 Å². The van der Waals surface area contributed by atoms with Gasteiger partial charge < -0.3 is 19.9 Å². The van der Waals surface area contributed by atoms with Crippen LogP contribution in [0.25, 0.3) is 0 Å². The summed E-state index contributed by atoms with van der Waals surface area (Å²) in [7, 11) is 5.60. The number of anilines is 2. The van der Waals surface area contributed by atoms with Gasteiger partial charge in [0.2, 0.25) is 5.91 Å². The number of carbonyl (C=O) groups excluding carboxylic acids is 2. The number of thiocarbonyl (C=S) groups is 1. The molecule has 0 aliphatic carbocycles. The molecule has 1 fully saturated rings. The number of carbonyl (C=O) groups is 2. The second kappa shape index (κ2) is 12.7. The van der Waals surface area contributed by atoms with Crippen molar-refractivity contribution < 1.29 is 14.3 Å². The molecule has 1 aliphatic heterocycles. The van der Waals surface area contributed by atoms with Gasteiger partial charge in [0, 0.05) is 49.9 Å². The average Bonchev–Trinajstić information content (AvgIpc) is 3.43. The maximum absolute atomic E-state index is 12.5. The highest BCUT2D eigenvalue weighted by Crippen LogP contribution is 2.30. The summed E-state index contributed by atoms with van der Waals surface area (Å²) in [5.41, 5.74) is 8.10. The molecular weight excluding hydrogens is 520 g/mol. The Morgan fingerprint density at radius 1 is 1.13 bits per heavy atom. The predicted octanol–water partition coefficient (Wildman–Crippen LogP) is 3.80. The number of hydrogen-bond acceptors (Lipinski definition) is 7. The van der Waals surface area contributed by atoms with Crippen molar-refractivity contribution in [3.63, 3.8) is 0 Å². The maximum atomic E-state index is 12.5. The highest BCUT2D eigenvalue weighted by Gasteiger charge is 2.25. The average molecular weight is 553 g/mol. The van der Waals surface area contributed by atoms with Gasteiger partial charge in [-0.15, -0.1) is 11.3 Å². The summed E-state index contributed by atoms with van der Waals surface area (Å²) in [6.07, 6.45) is 1.91. The van der Waals surface area contributed by atoms with E-state index in [-0.39, 0.29) is 18.2 Å². The number of nitrogens with one attached hydrogen (secondary N) is 3. The molecule has 11 heteroatoms. The van der Waals surface area contributed by atoms with Gasteiger partial charge in [-0.05, 0) is 67.0 Å². The van der Waals surface area contributed by atoms with Gasteiger partial charge in [0.05, 0.1) is 18.5 Å². The quantitative estimate of drug-likeness (QED) is 0.301. The Balaban J connectivity index is 1.22. The van der Waals surface area contributed by atoms with Crippen LogP contribution in [0.3, 0.4) is 0 Å². The number of likely N-dealkylation sites (tertiary alicyclic amines) is 1. The van der Waals surface area contributed by atoms with Crippen LogP contribution in [-0.4, -0.2) is 61.1 Å². The van der Waals surface area contributed by atoms with Crippen LogP contribution < -0.4 is 25.8 Å². The van der Waals surface area contributed by atoms with E-state index in [0.29, 0.717) is 16.6 Å². The number of hydrazine groups is 1. The monoisotopic (exact) mass is 552 g/mol. The number of aromatic nitrogens is 1. The molecule has 9 nitrogen and oxygen atoms in total. The third-order valence-corrected chi connectivity index (χ3v) is 7.70. The van der Waals surface area contributed by atoms with Crippen molar-refractivity contribution in [2.75, 3.05) is 44.5 Å². The molecule has 0 unspecified atom stereocenters. The molecule has 3 N–H and O–H groups in total. The molecule has 0 bridgehead atoms. The molecule has 2 aromatic carbocycles. The third-order valence-electron chi connectivity index (χ3n) is 6.34. The van der Waals surface area contributed by atoms with Gasteiger partial charge in [0.1, 0.15) is 11.4 Å². The molecule has 0 saturated carbocycles. The van der Waals surface area contributed by atoms with Crippen LogP contribution in [0.2, 0.25) is 0 Å². The first-order valence-corrected chi connectivity index (χ1v) is 13.6. The van der Waals surface area contributed by atoms with E-state index in [1.807, 2.05) is 44.4 Å². The van der Waals surface area contributed by atoms with E-state index in [1.54, 1.807) is 18.6 Å². The zero-order chi connectivity index (χ0) is 27.1. The van der Waals surface area contributed by atoms with Crippen LogP contribution in [0.1, 0.15) is 39.8 Å². The molecule has 0 spiro atoms. The van der Waals surface area contributed by atoms with E-state index in [2.05, 4.69) is 43.1 Å². The second-order valence-corrected chi connectivity index (χ2v) is 10.5. The van der Waals surface area contributed by atoms with Crippen LogP contribution in [-0.2, 0) is 11.2 Å². The molecule has 1 aromatic heterocycles. The Morgan fingerprint density at radius 3 is 2.55 bits per heavy atom. The lowest BCUT2D eigenvalue weighted by molar-refractivity contribution is -0.121. The van der Waals surface area contributed by atoms with E-state index in [1.165, 1.54) is 11.3 Å². The molecule has 2 amide bonds. The van der Waals surface area contributed by atoms with Gasteiger partial charge in [-0.3, -0.25) is 20.4 Å². The lowest BCUT2D eigenvalue weighted by atomic mass is 9.98.